The maximum absolute atomic E-state index is 13.7. The molecule has 1 saturated heterocycles. The molecule has 0 bridgehead atoms. The summed E-state index contributed by atoms with van der Waals surface area (Å²) in [6, 6.07) is 3.88. The van der Waals surface area contributed by atoms with E-state index in [-0.39, 0.29) is 11.6 Å². The van der Waals surface area contributed by atoms with Gasteiger partial charge in [-0.05, 0) is 24.5 Å². The van der Waals surface area contributed by atoms with Crippen LogP contribution in [0.5, 0.6) is 0 Å². The van der Waals surface area contributed by atoms with Crippen LogP contribution in [-0.2, 0) is 14.8 Å². The Bertz CT molecular complexity index is 542. The summed E-state index contributed by atoms with van der Waals surface area (Å²) >= 11 is 0. The van der Waals surface area contributed by atoms with Crippen LogP contribution < -0.4 is 5.73 Å². The van der Waals surface area contributed by atoms with Crippen molar-refractivity contribution in [1.29, 1.82) is 0 Å². The normalized spacial score (nSPS) is 20.8. The molecule has 1 heterocycles. The minimum absolute atomic E-state index is 0.0600. The molecule has 1 unspecified atom stereocenters. The Morgan fingerprint density at radius 1 is 1.53 bits per heavy atom. The average molecular weight is 288 g/mol. The lowest BCUT2D eigenvalue weighted by Gasteiger charge is -2.18. The third-order valence-electron chi connectivity index (χ3n) is 3.25. The van der Waals surface area contributed by atoms with E-state index in [0.29, 0.717) is 26.1 Å². The summed E-state index contributed by atoms with van der Waals surface area (Å²) < 4.78 is 44.8. The second-order valence-corrected chi connectivity index (χ2v) is 6.51. The van der Waals surface area contributed by atoms with Gasteiger partial charge >= 0.3 is 0 Å². The Balaban J connectivity index is 2.29. The van der Waals surface area contributed by atoms with E-state index in [1.807, 2.05) is 0 Å². The molecule has 1 aromatic rings. The quantitative estimate of drug-likeness (QED) is 0.841. The van der Waals surface area contributed by atoms with E-state index in [1.54, 1.807) is 7.11 Å². The zero-order valence-electron chi connectivity index (χ0n) is 10.7. The summed E-state index contributed by atoms with van der Waals surface area (Å²) in [5.41, 5.74) is 5.54. The first-order valence-corrected chi connectivity index (χ1v) is 7.44. The Hall–Kier alpha value is -1.18. The predicted octanol–water partition coefficient (Wildman–Crippen LogP) is 1.06. The summed E-state index contributed by atoms with van der Waals surface area (Å²) in [6.07, 6.45) is 0.710. The summed E-state index contributed by atoms with van der Waals surface area (Å²) in [5, 5.41) is 0. The minimum Gasteiger partial charge on any atom is -0.398 e. The molecule has 1 fully saturated rings. The summed E-state index contributed by atoms with van der Waals surface area (Å²) in [6.45, 7) is 1.20. The number of nitrogens with zero attached hydrogens (tertiary/aromatic N) is 1. The van der Waals surface area contributed by atoms with Crippen molar-refractivity contribution in [2.24, 2.45) is 5.92 Å². The molecule has 0 saturated carbocycles. The fourth-order valence-corrected chi connectivity index (χ4v) is 4.01. The Morgan fingerprint density at radius 2 is 2.26 bits per heavy atom. The van der Waals surface area contributed by atoms with Gasteiger partial charge in [0.05, 0.1) is 12.3 Å². The highest BCUT2D eigenvalue weighted by Crippen LogP contribution is 2.29. The zero-order valence-corrected chi connectivity index (χ0v) is 11.5. The highest BCUT2D eigenvalue weighted by molar-refractivity contribution is 7.89. The van der Waals surface area contributed by atoms with Crippen LogP contribution in [0.15, 0.2) is 23.1 Å². The third kappa shape index (κ3) is 2.72. The average Bonchev–Trinajstić information content (AvgIpc) is 2.78. The van der Waals surface area contributed by atoms with Crippen molar-refractivity contribution < 1.29 is 17.5 Å². The molecular formula is C12H17FN2O3S. The van der Waals surface area contributed by atoms with Crippen LogP contribution in [0.1, 0.15) is 6.42 Å². The predicted molar refractivity (Wildman–Crippen MR) is 69.6 cm³/mol. The van der Waals surface area contributed by atoms with E-state index in [9.17, 15) is 12.8 Å². The van der Waals surface area contributed by atoms with Gasteiger partial charge in [-0.2, -0.15) is 4.31 Å². The third-order valence-corrected chi connectivity index (χ3v) is 5.20. The number of halogens is 1. The van der Waals surface area contributed by atoms with Crippen LogP contribution in [0.4, 0.5) is 10.1 Å². The van der Waals surface area contributed by atoms with E-state index >= 15 is 0 Å². The molecule has 1 aliphatic heterocycles. The Kier molecular flexibility index (Phi) is 4.07. The maximum Gasteiger partial charge on any atom is 0.248 e. The number of rotatable bonds is 4. The lowest BCUT2D eigenvalue weighted by atomic mass is 10.1. The molecule has 0 aromatic heterocycles. The van der Waals surface area contributed by atoms with E-state index in [0.717, 1.165) is 6.07 Å². The van der Waals surface area contributed by atoms with Crippen LogP contribution in [0.25, 0.3) is 0 Å². The van der Waals surface area contributed by atoms with Crippen LogP contribution in [-0.4, -0.2) is 39.5 Å². The molecule has 5 nitrogen and oxygen atoms in total. The molecule has 0 radical (unpaired) electrons. The Labute approximate surface area is 112 Å². The van der Waals surface area contributed by atoms with Gasteiger partial charge in [0.1, 0.15) is 10.7 Å². The second kappa shape index (κ2) is 5.44. The minimum atomic E-state index is -3.87. The fraction of sp³-hybridized carbons (Fsp3) is 0.500. The van der Waals surface area contributed by atoms with Crippen molar-refractivity contribution >= 4 is 15.7 Å². The lowest BCUT2D eigenvalue weighted by Crippen LogP contribution is -2.30. The van der Waals surface area contributed by atoms with Crippen LogP contribution in [0.2, 0.25) is 0 Å². The van der Waals surface area contributed by atoms with Crippen molar-refractivity contribution in [2.45, 2.75) is 11.3 Å². The number of hydrogen-bond acceptors (Lipinski definition) is 4. The highest BCUT2D eigenvalue weighted by Gasteiger charge is 2.35. The molecule has 1 aromatic carbocycles. The smallest absolute Gasteiger partial charge is 0.248 e. The van der Waals surface area contributed by atoms with Crippen molar-refractivity contribution in [3.8, 4) is 0 Å². The van der Waals surface area contributed by atoms with Crippen LogP contribution in [0, 0.1) is 11.7 Å². The molecule has 19 heavy (non-hydrogen) atoms. The molecule has 1 aliphatic rings. The molecule has 0 amide bonds. The second-order valence-electron chi connectivity index (χ2n) is 4.63. The van der Waals surface area contributed by atoms with Gasteiger partial charge in [-0.15, -0.1) is 0 Å². The number of hydrogen-bond donors (Lipinski definition) is 1. The number of sulfonamides is 1. The highest BCUT2D eigenvalue weighted by atomic mass is 32.2. The van der Waals surface area contributed by atoms with E-state index < -0.39 is 20.7 Å². The first kappa shape index (κ1) is 14.2. The van der Waals surface area contributed by atoms with Crippen LogP contribution >= 0.6 is 0 Å². The zero-order chi connectivity index (χ0) is 14.0. The molecule has 7 heteroatoms. The van der Waals surface area contributed by atoms with Gasteiger partial charge in [0.15, 0.2) is 0 Å². The molecule has 106 valence electrons. The standard InChI is InChI=1S/C12H17FN2O3S/c1-18-8-9-5-6-15(7-9)19(16,17)12-10(13)3-2-4-11(12)14/h2-4,9H,5-8,14H2,1H3. The summed E-state index contributed by atoms with van der Waals surface area (Å²) in [7, 11) is -2.30. The number of anilines is 1. The number of ether oxygens (including phenoxy) is 1. The number of methoxy groups -OCH3 is 1. The van der Waals surface area contributed by atoms with Crippen molar-refractivity contribution in [3.05, 3.63) is 24.0 Å². The van der Waals surface area contributed by atoms with Crippen LogP contribution in [0.3, 0.4) is 0 Å². The van der Waals surface area contributed by atoms with E-state index in [4.69, 9.17) is 10.5 Å². The lowest BCUT2D eigenvalue weighted by molar-refractivity contribution is 0.157. The SMILES string of the molecule is COCC1CCN(S(=O)(=O)c2c(N)cccc2F)C1. The van der Waals surface area contributed by atoms with Crippen molar-refractivity contribution in [1.82, 2.24) is 4.31 Å². The molecule has 2 rings (SSSR count). The van der Waals surface area contributed by atoms with Crippen molar-refractivity contribution in [2.75, 3.05) is 32.5 Å². The number of benzene rings is 1. The van der Waals surface area contributed by atoms with Gasteiger partial charge in [-0.3, -0.25) is 0 Å². The summed E-state index contributed by atoms with van der Waals surface area (Å²) in [5.74, 6) is -0.664. The fourth-order valence-electron chi connectivity index (χ4n) is 2.31. The summed E-state index contributed by atoms with van der Waals surface area (Å²) in [4.78, 5) is -0.423. The van der Waals surface area contributed by atoms with Gasteiger partial charge in [-0.25, -0.2) is 12.8 Å². The maximum atomic E-state index is 13.7. The molecule has 0 spiro atoms. The molecule has 0 aliphatic carbocycles. The van der Waals surface area contributed by atoms with Gasteiger partial charge in [-0.1, -0.05) is 6.07 Å². The van der Waals surface area contributed by atoms with E-state index in [2.05, 4.69) is 0 Å². The van der Waals surface area contributed by atoms with Gasteiger partial charge in [0.25, 0.3) is 0 Å². The molecular weight excluding hydrogens is 271 g/mol. The number of nitrogens with two attached hydrogens (primary N) is 1. The molecule has 1 atom stereocenters. The largest absolute Gasteiger partial charge is 0.398 e. The van der Waals surface area contributed by atoms with E-state index in [1.165, 1.54) is 16.4 Å². The van der Waals surface area contributed by atoms with Crippen molar-refractivity contribution in [3.63, 3.8) is 0 Å². The topological polar surface area (TPSA) is 72.6 Å². The molecule has 2 N–H and O–H groups in total. The first-order chi connectivity index (χ1) is 8.96. The number of nitrogen functional groups attached to an aromatic ring is 1. The van der Waals surface area contributed by atoms with Gasteiger partial charge < -0.3 is 10.5 Å². The van der Waals surface area contributed by atoms with Gasteiger partial charge in [0, 0.05) is 20.2 Å². The Morgan fingerprint density at radius 3 is 2.89 bits per heavy atom. The van der Waals surface area contributed by atoms with Gasteiger partial charge in [0.2, 0.25) is 10.0 Å². The monoisotopic (exact) mass is 288 g/mol. The first-order valence-electron chi connectivity index (χ1n) is 6.00.